The maximum absolute atomic E-state index is 13.9. The van der Waals surface area contributed by atoms with Crippen LogP contribution in [-0.2, 0) is 0 Å². The number of hydrogen-bond acceptors (Lipinski definition) is 4. The monoisotopic (exact) mass is 286 g/mol. The number of benzene rings is 1. The van der Waals surface area contributed by atoms with E-state index in [1.165, 1.54) is 6.08 Å². The van der Waals surface area contributed by atoms with Crippen molar-refractivity contribution in [3.8, 4) is 0 Å². The molecule has 0 fully saturated rings. The fraction of sp³-hybridized carbons (Fsp3) is 0.250. The van der Waals surface area contributed by atoms with Gasteiger partial charge in [-0.3, -0.25) is 14.9 Å². The highest BCUT2D eigenvalue weighted by Crippen LogP contribution is 2.23. The van der Waals surface area contributed by atoms with E-state index in [1.54, 1.807) is 0 Å². The molecule has 0 spiro atoms. The third kappa shape index (κ3) is 3.35. The minimum atomic E-state index is -1.41. The molecule has 1 amide bonds. The molecule has 0 aliphatic rings. The summed E-state index contributed by atoms with van der Waals surface area (Å²) in [7, 11) is 0. The first kappa shape index (κ1) is 15.7. The summed E-state index contributed by atoms with van der Waals surface area (Å²) in [5.41, 5.74) is -1.87. The molecule has 0 aliphatic heterocycles. The number of aliphatic hydroxyl groups excluding tert-OH is 1. The van der Waals surface area contributed by atoms with Crippen molar-refractivity contribution < 1.29 is 23.6 Å². The van der Waals surface area contributed by atoms with Crippen LogP contribution in [-0.4, -0.2) is 40.5 Å². The maximum atomic E-state index is 13.9. The van der Waals surface area contributed by atoms with E-state index in [9.17, 15) is 23.7 Å². The molecule has 20 heavy (non-hydrogen) atoms. The van der Waals surface area contributed by atoms with Gasteiger partial charge in [-0.1, -0.05) is 6.08 Å². The molecule has 1 rings (SSSR count). The normalized spacial score (nSPS) is 10.2. The molecule has 0 aliphatic carbocycles. The predicted octanol–water partition coefficient (Wildman–Crippen LogP) is 1.49. The lowest BCUT2D eigenvalue weighted by atomic mass is 10.1. The Hall–Kier alpha value is -2.35. The van der Waals surface area contributed by atoms with Crippen LogP contribution in [0.5, 0.6) is 0 Å². The second-order valence-corrected chi connectivity index (χ2v) is 3.81. The number of rotatable bonds is 6. The van der Waals surface area contributed by atoms with Crippen LogP contribution in [0.1, 0.15) is 10.4 Å². The number of aliphatic hydroxyl groups is 1. The summed E-state index contributed by atoms with van der Waals surface area (Å²) in [5.74, 6) is -3.46. The fourth-order valence-corrected chi connectivity index (χ4v) is 1.59. The van der Waals surface area contributed by atoms with Gasteiger partial charge in [-0.25, -0.2) is 4.39 Å². The topological polar surface area (TPSA) is 83.7 Å². The minimum Gasteiger partial charge on any atom is -0.395 e. The van der Waals surface area contributed by atoms with Gasteiger partial charge in [0.15, 0.2) is 0 Å². The molecule has 1 N–H and O–H groups in total. The lowest BCUT2D eigenvalue weighted by Gasteiger charge is -2.20. The van der Waals surface area contributed by atoms with Gasteiger partial charge in [-0.05, 0) is 6.07 Å². The van der Waals surface area contributed by atoms with Crippen molar-refractivity contribution in [1.82, 2.24) is 4.90 Å². The highest BCUT2D eigenvalue weighted by Gasteiger charge is 2.26. The minimum absolute atomic E-state index is 0.0108. The highest BCUT2D eigenvalue weighted by atomic mass is 19.1. The van der Waals surface area contributed by atoms with Crippen molar-refractivity contribution >= 4 is 11.6 Å². The Morgan fingerprint density at radius 2 is 2.15 bits per heavy atom. The molecule has 8 heteroatoms. The van der Waals surface area contributed by atoms with E-state index in [0.29, 0.717) is 12.1 Å². The SMILES string of the molecule is C=CCN(CCO)C(=O)c1cc(F)cc([N+](=O)[O-])c1F. The van der Waals surface area contributed by atoms with E-state index < -0.39 is 40.3 Å². The van der Waals surface area contributed by atoms with Crippen LogP contribution in [0.2, 0.25) is 0 Å². The van der Waals surface area contributed by atoms with E-state index in [2.05, 4.69) is 6.58 Å². The molecule has 108 valence electrons. The van der Waals surface area contributed by atoms with Crippen LogP contribution in [0, 0.1) is 21.7 Å². The molecule has 6 nitrogen and oxygen atoms in total. The molecule has 0 bridgehead atoms. The van der Waals surface area contributed by atoms with E-state index in [-0.39, 0.29) is 13.1 Å². The average molecular weight is 286 g/mol. The average Bonchev–Trinajstić information content (AvgIpc) is 2.39. The molecule has 0 unspecified atom stereocenters. The summed E-state index contributed by atoms with van der Waals surface area (Å²) in [6.45, 7) is 2.86. The number of carbonyl (C=O) groups excluding carboxylic acids is 1. The Kier molecular flexibility index (Phi) is 5.27. The number of nitro benzene ring substituents is 1. The second kappa shape index (κ2) is 6.71. The summed E-state index contributed by atoms with van der Waals surface area (Å²) in [6.07, 6.45) is 1.33. The Morgan fingerprint density at radius 3 is 2.65 bits per heavy atom. The zero-order valence-corrected chi connectivity index (χ0v) is 10.4. The molecule has 0 atom stereocenters. The van der Waals surface area contributed by atoms with E-state index in [0.717, 1.165) is 4.90 Å². The van der Waals surface area contributed by atoms with E-state index >= 15 is 0 Å². The predicted molar refractivity (Wildman–Crippen MR) is 66.2 cm³/mol. The van der Waals surface area contributed by atoms with Crippen LogP contribution in [0.3, 0.4) is 0 Å². The van der Waals surface area contributed by atoms with Crippen molar-refractivity contribution in [1.29, 1.82) is 0 Å². The van der Waals surface area contributed by atoms with Crippen LogP contribution in [0.15, 0.2) is 24.8 Å². The lowest BCUT2D eigenvalue weighted by Crippen LogP contribution is -2.34. The summed E-state index contributed by atoms with van der Waals surface area (Å²) >= 11 is 0. The van der Waals surface area contributed by atoms with Crippen LogP contribution in [0.25, 0.3) is 0 Å². The Bertz CT molecular complexity index is 549. The third-order valence-electron chi connectivity index (χ3n) is 2.45. The smallest absolute Gasteiger partial charge is 0.308 e. The summed E-state index contributed by atoms with van der Waals surface area (Å²) in [4.78, 5) is 22.5. The quantitative estimate of drug-likeness (QED) is 0.488. The molecular weight excluding hydrogens is 274 g/mol. The lowest BCUT2D eigenvalue weighted by molar-refractivity contribution is -0.387. The summed E-state index contributed by atoms with van der Waals surface area (Å²) in [6, 6.07) is 0.980. The molecule has 1 aromatic carbocycles. The summed E-state index contributed by atoms with van der Waals surface area (Å²) in [5, 5.41) is 19.4. The van der Waals surface area contributed by atoms with Crippen LogP contribution in [0.4, 0.5) is 14.5 Å². The molecule has 0 heterocycles. The number of halogens is 2. The third-order valence-corrected chi connectivity index (χ3v) is 2.45. The van der Waals surface area contributed by atoms with Gasteiger partial charge in [0.25, 0.3) is 5.91 Å². The van der Waals surface area contributed by atoms with Gasteiger partial charge in [0.2, 0.25) is 5.82 Å². The van der Waals surface area contributed by atoms with E-state index in [1.807, 2.05) is 0 Å². The highest BCUT2D eigenvalue weighted by molar-refractivity contribution is 5.95. The van der Waals surface area contributed by atoms with Crippen molar-refractivity contribution in [3.05, 3.63) is 52.1 Å². The maximum Gasteiger partial charge on any atom is 0.308 e. The number of carbonyl (C=O) groups is 1. The van der Waals surface area contributed by atoms with Gasteiger partial charge in [-0.2, -0.15) is 4.39 Å². The zero-order chi connectivity index (χ0) is 15.3. The largest absolute Gasteiger partial charge is 0.395 e. The van der Waals surface area contributed by atoms with Crippen LogP contribution < -0.4 is 0 Å². The first-order chi connectivity index (χ1) is 9.42. The number of hydrogen-bond donors (Lipinski definition) is 1. The van der Waals surface area contributed by atoms with Crippen molar-refractivity contribution in [2.45, 2.75) is 0 Å². The Labute approximate surface area is 113 Å². The Balaban J connectivity index is 3.26. The van der Waals surface area contributed by atoms with Crippen molar-refractivity contribution in [3.63, 3.8) is 0 Å². The Morgan fingerprint density at radius 1 is 1.50 bits per heavy atom. The second-order valence-electron chi connectivity index (χ2n) is 3.81. The molecule has 0 saturated carbocycles. The molecule has 0 radical (unpaired) electrons. The van der Waals surface area contributed by atoms with E-state index in [4.69, 9.17) is 5.11 Å². The number of amides is 1. The number of nitro groups is 1. The van der Waals surface area contributed by atoms with Crippen molar-refractivity contribution in [2.75, 3.05) is 19.7 Å². The van der Waals surface area contributed by atoms with Gasteiger partial charge >= 0.3 is 5.69 Å². The molecule has 1 aromatic rings. The fourth-order valence-electron chi connectivity index (χ4n) is 1.59. The molecular formula is C12H12F2N2O4. The standard InChI is InChI=1S/C12H12F2N2O4/c1-2-3-15(4-5-17)12(18)9-6-8(13)7-10(11(9)14)16(19)20/h2,6-7,17H,1,3-5H2. The van der Waals surface area contributed by atoms with Gasteiger partial charge < -0.3 is 10.0 Å². The van der Waals surface area contributed by atoms with Crippen molar-refractivity contribution in [2.24, 2.45) is 0 Å². The molecule has 0 saturated heterocycles. The van der Waals surface area contributed by atoms with Gasteiger partial charge in [0.05, 0.1) is 23.2 Å². The number of nitrogens with zero attached hydrogens (tertiary/aromatic N) is 2. The van der Waals surface area contributed by atoms with Gasteiger partial charge in [0, 0.05) is 13.1 Å². The van der Waals surface area contributed by atoms with Gasteiger partial charge in [-0.15, -0.1) is 6.58 Å². The van der Waals surface area contributed by atoms with Gasteiger partial charge in [0.1, 0.15) is 5.82 Å². The zero-order valence-electron chi connectivity index (χ0n) is 10.4. The van der Waals surface area contributed by atoms with Crippen LogP contribution >= 0.6 is 0 Å². The summed E-state index contributed by atoms with van der Waals surface area (Å²) < 4.78 is 27.1. The first-order valence-corrected chi connectivity index (χ1v) is 5.56. The molecule has 0 aromatic heterocycles. The first-order valence-electron chi connectivity index (χ1n) is 5.56.